The van der Waals surface area contributed by atoms with E-state index in [0.717, 1.165) is 5.56 Å². The summed E-state index contributed by atoms with van der Waals surface area (Å²) in [5, 5.41) is 11.5. The fourth-order valence-electron chi connectivity index (χ4n) is 1.89. The predicted molar refractivity (Wildman–Crippen MR) is 80.2 cm³/mol. The fourth-order valence-corrected chi connectivity index (χ4v) is 1.89. The first-order valence-electron chi connectivity index (χ1n) is 6.86. The molecule has 0 radical (unpaired) electrons. The number of nitrogens with zero attached hydrogens (tertiary/aromatic N) is 1. The first-order valence-corrected chi connectivity index (χ1v) is 6.86. The molecule has 0 bridgehead atoms. The Kier molecular flexibility index (Phi) is 4.30. The quantitative estimate of drug-likeness (QED) is 0.883. The minimum Gasteiger partial charge on any atom is -0.480 e. The molecule has 22 heavy (non-hydrogen) atoms. The summed E-state index contributed by atoms with van der Waals surface area (Å²) in [4.78, 5) is 27.3. The third-order valence-corrected chi connectivity index (χ3v) is 3.23. The molecule has 2 N–H and O–H groups in total. The maximum atomic E-state index is 12.0. The standard InChI is InChI=1S/C16H18N2O4/c1-10-12(9-13(19)18-16(2,3)15(20)21)17-14(22-10)11-7-5-4-6-8-11/h4-8H,9H2,1-3H3,(H,18,19)(H,20,21). The van der Waals surface area contributed by atoms with E-state index in [2.05, 4.69) is 10.3 Å². The molecule has 6 heteroatoms. The lowest BCUT2D eigenvalue weighted by Gasteiger charge is -2.20. The highest BCUT2D eigenvalue weighted by Gasteiger charge is 2.29. The molecule has 0 atom stereocenters. The number of benzene rings is 1. The molecule has 6 nitrogen and oxygen atoms in total. The third-order valence-electron chi connectivity index (χ3n) is 3.23. The summed E-state index contributed by atoms with van der Waals surface area (Å²) in [5.74, 6) is -0.522. The monoisotopic (exact) mass is 302 g/mol. The Balaban J connectivity index is 2.13. The van der Waals surface area contributed by atoms with Gasteiger partial charge in [-0.2, -0.15) is 0 Å². The number of rotatable bonds is 5. The molecule has 0 unspecified atom stereocenters. The van der Waals surface area contributed by atoms with E-state index in [-0.39, 0.29) is 6.42 Å². The molecule has 0 aliphatic rings. The molecule has 0 saturated heterocycles. The van der Waals surface area contributed by atoms with E-state index >= 15 is 0 Å². The average Bonchev–Trinajstić information content (AvgIpc) is 2.80. The van der Waals surface area contributed by atoms with E-state index in [9.17, 15) is 9.59 Å². The van der Waals surface area contributed by atoms with E-state index in [1.807, 2.05) is 30.3 Å². The number of aliphatic carboxylic acids is 1. The molecular formula is C16H18N2O4. The molecule has 1 heterocycles. The lowest BCUT2D eigenvalue weighted by atomic mass is 10.1. The fraction of sp³-hybridized carbons (Fsp3) is 0.312. The topological polar surface area (TPSA) is 92.4 Å². The Hall–Kier alpha value is -2.63. The summed E-state index contributed by atoms with van der Waals surface area (Å²) < 4.78 is 5.57. The summed E-state index contributed by atoms with van der Waals surface area (Å²) in [6, 6.07) is 9.36. The van der Waals surface area contributed by atoms with Crippen LogP contribution in [0.1, 0.15) is 25.3 Å². The van der Waals surface area contributed by atoms with Crippen LogP contribution in [-0.2, 0) is 16.0 Å². The van der Waals surface area contributed by atoms with Gasteiger partial charge in [0.05, 0.1) is 12.1 Å². The van der Waals surface area contributed by atoms with E-state index < -0.39 is 17.4 Å². The molecule has 0 aliphatic carbocycles. The SMILES string of the molecule is Cc1oc(-c2ccccc2)nc1CC(=O)NC(C)(C)C(=O)O. The summed E-state index contributed by atoms with van der Waals surface area (Å²) >= 11 is 0. The Bertz CT molecular complexity index is 689. The lowest BCUT2D eigenvalue weighted by Crippen LogP contribution is -2.50. The van der Waals surface area contributed by atoms with Gasteiger partial charge in [0.25, 0.3) is 0 Å². The number of carboxylic acid groups (broad SMARTS) is 1. The van der Waals surface area contributed by atoms with Crippen LogP contribution in [0.4, 0.5) is 0 Å². The highest BCUT2D eigenvalue weighted by atomic mass is 16.4. The van der Waals surface area contributed by atoms with Crippen LogP contribution >= 0.6 is 0 Å². The van der Waals surface area contributed by atoms with Gasteiger partial charge in [0.15, 0.2) is 0 Å². The van der Waals surface area contributed by atoms with Crippen molar-refractivity contribution in [3.8, 4) is 11.5 Å². The number of nitrogens with one attached hydrogen (secondary N) is 1. The van der Waals surface area contributed by atoms with Crippen LogP contribution in [0.2, 0.25) is 0 Å². The van der Waals surface area contributed by atoms with Gasteiger partial charge in [-0.3, -0.25) is 4.79 Å². The number of aryl methyl sites for hydroxylation is 1. The Morgan fingerprint density at radius 1 is 1.27 bits per heavy atom. The van der Waals surface area contributed by atoms with E-state index in [1.54, 1.807) is 6.92 Å². The normalized spacial score (nSPS) is 11.2. The maximum absolute atomic E-state index is 12.0. The van der Waals surface area contributed by atoms with E-state index in [1.165, 1.54) is 13.8 Å². The van der Waals surface area contributed by atoms with Crippen LogP contribution in [0, 0.1) is 6.92 Å². The zero-order valence-electron chi connectivity index (χ0n) is 12.7. The second kappa shape index (κ2) is 6.01. The van der Waals surface area contributed by atoms with Gasteiger partial charge in [-0.1, -0.05) is 18.2 Å². The summed E-state index contributed by atoms with van der Waals surface area (Å²) in [5.41, 5.74) is -0.00238. The Morgan fingerprint density at radius 2 is 1.91 bits per heavy atom. The molecule has 0 spiro atoms. The van der Waals surface area contributed by atoms with Gasteiger partial charge >= 0.3 is 5.97 Å². The number of hydrogen-bond donors (Lipinski definition) is 2. The van der Waals surface area contributed by atoms with Crippen molar-refractivity contribution in [1.29, 1.82) is 0 Å². The number of carboxylic acids is 1. The average molecular weight is 302 g/mol. The van der Waals surface area contributed by atoms with Gasteiger partial charge in [0.2, 0.25) is 11.8 Å². The zero-order chi connectivity index (χ0) is 16.3. The highest BCUT2D eigenvalue weighted by Crippen LogP contribution is 2.21. The zero-order valence-corrected chi connectivity index (χ0v) is 12.7. The minimum absolute atomic E-state index is 0.0289. The van der Waals surface area contributed by atoms with Crippen LogP contribution in [0.15, 0.2) is 34.7 Å². The molecule has 0 saturated carbocycles. The molecule has 2 aromatic rings. The first kappa shape index (κ1) is 15.8. The van der Waals surface area contributed by atoms with E-state index in [0.29, 0.717) is 17.3 Å². The number of carbonyl (C=O) groups excluding carboxylic acids is 1. The van der Waals surface area contributed by atoms with Crippen molar-refractivity contribution < 1.29 is 19.1 Å². The van der Waals surface area contributed by atoms with Gasteiger partial charge in [-0.15, -0.1) is 0 Å². The summed E-state index contributed by atoms with van der Waals surface area (Å²) in [6.07, 6.45) is -0.0289. The molecule has 2 rings (SSSR count). The van der Waals surface area contributed by atoms with Crippen molar-refractivity contribution in [2.24, 2.45) is 0 Å². The second-order valence-electron chi connectivity index (χ2n) is 5.54. The molecule has 116 valence electrons. The minimum atomic E-state index is -1.32. The molecule has 1 aromatic heterocycles. The second-order valence-corrected chi connectivity index (χ2v) is 5.54. The van der Waals surface area contributed by atoms with Crippen molar-refractivity contribution in [2.45, 2.75) is 32.7 Å². The highest BCUT2D eigenvalue weighted by molar-refractivity contribution is 5.87. The summed E-state index contributed by atoms with van der Waals surface area (Å²) in [6.45, 7) is 4.58. The van der Waals surface area contributed by atoms with Crippen LogP contribution in [0.25, 0.3) is 11.5 Å². The van der Waals surface area contributed by atoms with E-state index in [4.69, 9.17) is 9.52 Å². The van der Waals surface area contributed by atoms with Gasteiger partial charge in [-0.05, 0) is 32.9 Å². The van der Waals surface area contributed by atoms with Crippen molar-refractivity contribution in [2.75, 3.05) is 0 Å². The molecule has 1 aromatic carbocycles. The number of oxazole rings is 1. The van der Waals surface area contributed by atoms with Crippen molar-refractivity contribution in [3.63, 3.8) is 0 Å². The lowest BCUT2D eigenvalue weighted by molar-refractivity contribution is -0.145. The maximum Gasteiger partial charge on any atom is 0.328 e. The van der Waals surface area contributed by atoms with Crippen LogP contribution in [0.5, 0.6) is 0 Å². The van der Waals surface area contributed by atoms with Crippen LogP contribution in [-0.4, -0.2) is 27.5 Å². The molecule has 0 aliphatic heterocycles. The summed E-state index contributed by atoms with van der Waals surface area (Å²) in [7, 11) is 0. The van der Waals surface area contributed by atoms with Crippen molar-refractivity contribution >= 4 is 11.9 Å². The molecule has 1 amide bonds. The van der Waals surface area contributed by atoms with Crippen molar-refractivity contribution in [3.05, 3.63) is 41.8 Å². The molecular weight excluding hydrogens is 284 g/mol. The van der Waals surface area contributed by atoms with Gasteiger partial charge in [-0.25, -0.2) is 9.78 Å². The van der Waals surface area contributed by atoms with Crippen molar-refractivity contribution in [1.82, 2.24) is 10.3 Å². The van der Waals surface area contributed by atoms with Crippen LogP contribution in [0.3, 0.4) is 0 Å². The number of hydrogen-bond acceptors (Lipinski definition) is 4. The van der Waals surface area contributed by atoms with Gasteiger partial charge < -0.3 is 14.8 Å². The third kappa shape index (κ3) is 3.52. The van der Waals surface area contributed by atoms with Crippen LogP contribution < -0.4 is 5.32 Å². The predicted octanol–water partition coefficient (Wildman–Crippen LogP) is 2.17. The number of amides is 1. The Labute approximate surface area is 128 Å². The first-order chi connectivity index (χ1) is 10.3. The molecule has 0 fully saturated rings. The van der Waals surface area contributed by atoms with Gasteiger partial charge in [0, 0.05) is 5.56 Å². The van der Waals surface area contributed by atoms with Gasteiger partial charge in [0.1, 0.15) is 11.3 Å². The Morgan fingerprint density at radius 3 is 2.50 bits per heavy atom. The largest absolute Gasteiger partial charge is 0.480 e. The number of aromatic nitrogens is 1. The number of carbonyl (C=O) groups is 2. The smallest absolute Gasteiger partial charge is 0.328 e.